The number of carbonyl (C=O) groups is 2. The van der Waals surface area contributed by atoms with Gasteiger partial charge in [-0.3, -0.25) is 4.79 Å². The monoisotopic (exact) mass is 343 g/mol. The summed E-state index contributed by atoms with van der Waals surface area (Å²) in [6, 6.07) is 5.67. The molecule has 2 N–H and O–H groups in total. The molecule has 0 spiro atoms. The number of carbonyl (C=O) groups excluding carboxylic acids is 1. The summed E-state index contributed by atoms with van der Waals surface area (Å²) >= 11 is 0. The fourth-order valence-electron chi connectivity index (χ4n) is 1.98. The number of carboxylic acids is 1. The standard InChI is InChI=1S/C17H20F3NO3/c1-11(2)13-8-6-12(7-9-13)4-3-5-15(22)21-14(16(23)24)10-17(18,19)20/h3-4,6-9,11,14H,5,10H2,1-2H3,(H,21,22)(H,23,24)/b4-3+. The van der Waals surface area contributed by atoms with Crippen LogP contribution >= 0.6 is 0 Å². The summed E-state index contributed by atoms with van der Waals surface area (Å²) in [5, 5.41) is 10.6. The first-order chi connectivity index (χ1) is 11.1. The molecule has 4 nitrogen and oxygen atoms in total. The summed E-state index contributed by atoms with van der Waals surface area (Å²) in [6.45, 7) is 4.13. The van der Waals surface area contributed by atoms with Crippen molar-refractivity contribution in [2.24, 2.45) is 0 Å². The Bertz CT molecular complexity index is 592. The van der Waals surface area contributed by atoms with Gasteiger partial charge in [-0.15, -0.1) is 0 Å². The molecule has 0 aromatic heterocycles. The topological polar surface area (TPSA) is 66.4 Å². The molecule has 0 fully saturated rings. The summed E-state index contributed by atoms with van der Waals surface area (Å²) < 4.78 is 36.8. The molecule has 0 saturated carbocycles. The van der Waals surface area contributed by atoms with Crippen LogP contribution in [0.2, 0.25) is 0 Å². The number of nitrogens with one attached hydrogen (secondary N) is 1. The molecule has 132 valence electrons. The van der Waals surface area contributed by atoms with Gasteiger partial charge >= 0.3 is 12.1 Å². The molecule has 24 heavy (non-hydrogen) atoms. The molecule has 0 saturated heterocycles. The highest BCUT2D eigenvalue weighted by Gasteiger charge is 2.36. The zero-order chi connectivity index (χ0) is 18.3. The van der Waals surface area contributed by atoms with E-state index in [1.54, 1.807) is 6.08 Å². The normalized spacial score (nSPS) is 13.2. The van der Waals surface area contributed by atoms with Gasteiger partial charge < -0.3 is 10.4 Å². The predicted molar refractivity (Wildman–Crippen MR) is 84.4 cm³/mol. The smallest absolute Gasteiger partial charge is 0.391 e. The van der Waals surface area contributed by atoms with E-state index >= 15 is 0 Å². The third-order valence-electron chi connectivity index (χ3n) is 3.29. The summed E-state index contributed by atoms with van der Waals surface area (Å²) in [4.78, 5) is 22.3. The Kier molecular flexibility index (Phi) is 7.00. The van der Waals surface area contributed by atoms with Crippen LogP contribution in [0.15, 0.2) is 30.3 Å². The third-order valence-corrected chi connectivity index (χ3v) is 3.29. The minimum absolute atomic E-state index is 0.201. The summed E-state index contributed by atoms with van der Waals surface area (Å²) in [6.07, 6.45) is -3.33. The average molecular weight is 343 g/mol. The number of aliphatic carboxylic acids is 1. The van der Waals surface area contributed by atoms with Gasteiger partial charge in [-0.25, -0.2) is 4.79 Å². The number of rotatable bonds is 7. The van der Waals surface area contributed by atoms with E-state index in [2.05, 4.69) is 13.8 Å². The molecule has 0 aliphatic rings. The largest absolute Gasteiger partial charge is 0.480 e. The number of alkyl halides is 3. The number of hydrogen-bond acceptors (Lipinski definition) is 2. The number of benzene rings is 1. The highest BCUT2D eigenvalue weighted by Crippen LogP contribution is 2.21. The summed E-state index contributed by atoms with van der Waals surface area (Å²) in [5.74, 6) is -2.09. The highest BCUT2D eigenvalue weighted by atomic mass is 19.4. The van der Waals surface area contributed by atoms with Crippen molar-refractivity contribution in [2.45, 2.75) is 44.8 Å². The first-order valence-corrected chi connectivity index (χ1v) is 7.44. The van der Waals surface area contributed by atoms with E-state index in [0.29, 0.717) is 5.92 Å². The second-order valence-corrected chi connectivity index (χ2v) is 5.71. The molecule has 1 atom stereocenters. The molecular weight excluding hydrogens is 323 g/mol. The molecule has 0 heterocycles. The molecule has 0 bridgehead atoms. The minimum atomic E-state index is -4.66. The molecular formula is C17H20F3NO3. The fraction of sp³-hybridized carbons (Fsp3) is 0.412. The van der Waals surface area contributed by atoms with Crippen LogP contribution in [-0.2, 0) is 9.59 Å². The van der Waals surface area contributed by atoms with Gasteiger partial charge in [-0.2, -0.15) is 13.2 Å². The van der Waals surface area contributed by atoms with E-state index in [0.717, 1.165) is 5.56 Å². The first-order valence-electron chi connectivity index (χ1n) is 7.44. The zero-order valence-electron chi connectivity index (χ0n) is 13.4. The van der Waals surface area contributed by atoms with Gasteiger partial charge in [0.1, 0.15) is 6.04 Å². The highest BCUT2D eigenvalue weighted by molar-refractivity contribution is 5.84. The van der Waals surface area contributed by atoms with Gasteiger partial charge in [0.2, 0.25) is 5.91 Å². The predicted octanol–water partition coefficient (Wildman–Crippen LogP) is 3.74. The lowest BCUT2D eigenvalue weighted by Gasteiger charge is -2.15. The van der Waals surface area contributed by atoms with Crippen LogP contribution in [0.3, 0.4) is 0 Å². The molecule has 1 amide bonds. The Balaban J connectivity index is 2.56. The van der Waals surface area contributed by atoms with Crippen molar-refractivity contribution in [3.63, 3.8) is 0 Å². The Hall–Kier alpha value is -2.31. The number of hydrogen-bond donors (Lipinski definition) is 2. The van der Waals surface area contributed by atoms with Crippen molar-refractivity contribution in [2.75, 3.05) is 0 Å². The van der Waals surface area contributed by atoms with E-state index in [1.165, 1.54) is 11.6 Å². The minimum Gasteiger partial charge on any atom is -0.480 e. The lowest BCUT2D eigenvalue weighted by molar-refractivity contribution is -0.159. The van der Waals surface area contributed by atoms with Crippen LogP contribution in [0.25, 0.3) is 6.08 Å². The lowest BCUT2D eigenvalue weighted by Crippen LogP contribution is -2.43. The van der Waals surface area contributed by atoms with Crippen LogP contribution in [-0.4, -0.2) is 29.2 Å². The van der Waals surface area contributed by atoms with Crippen LogP contribution in [0.4, 0.5) is 13.2 Å². The molecule has 1 unspecified atom stereocenters. The van der Waals surface area contributed by atoms with Gasteiger partial charge in [0.25, 0.3) is 0 Å². The van der Waals surface area contributed by atoms with Crippen molar-refractivity contribution in [3.05, 3.63) is 41.5 Å². The van der Waals surface area contributed by atoms with Crippen LogP contribution < -0.4 is 5.32 Å². The van der Waals surface area contributed by atoms with Crippen molar-refractivity contribution in [3.8, 4) is 0 Å². The van der Waals surface area contributed by atoms with Gasteiger partial charge in [0.05, 0.1) is 6.42 Å². The SMILES string of the molecule is CC(C)c1ccc(/C=C/CC(=O)NC(CC(F)(F)F)C(=O)O)cc1. The quantitative estimate of drug-likeness (QED) is 0.793. The number of halogens is 3. The van der Waals surface area contributed by atoms with Crippen LogP contribution in [0, 0.1) is 0 Å². The van der Waals surface area contributed by atoms with E-state index in [4.69, 9.17) is 5.11 Å². The van der Waals surface area contributed by atoms with Crippen LogP contribution in [0.1, 0.15) is 43.7 Å². The van der Waals surface area contributed by atoms with E-state index in [1.807, 2.05) is 29.6 Å². The van der Waals surface area contributed by atoms with Crippen molar-refractivity contribution in [1.82, 2.24) is 5.32 Å². The maximum absolute atomic E-state index is 12.3. The molecule has 1 aromatic rings. The molecule has 0 radical (unpaired) electrons. The van der Waals surface area contributed by atoms with E-state index in [-0.39, 0.29) is 6.42 Å². The fourth-order valence-corrected chi connectivity index (χ4v) is 1.98. The van der Waals surface area contributed by atoms with Gasteiger partial charge in [0, 0.05) is 6.42 Å². The Morgan fingerprint density at radius 2 is 1.79 bits per heavy atom. The molecule has 0 aliphatic carbocycles. The van der Waals surface area contributed by atoms with Gasteiger partial charge in [-0.1, -0.05) is 50.3 Å². The molecule has 1 aromatic carbocycles. The Morgan fingerprint density at radius 1 is 1.21 bits per heavy atom. The number of amides is 1. The zero-order valence-corrected chi connectivity index (χ0v) is 13.4. The van der Waals surface area contributed by atoms with Crippen molar-refractivity contribution < 1.29 is 27.9 Å². The maximum atomic E-state index is 12.3. The Labute approximate surface area is 138 Å². The van der Waals surface area contributed by atoms with Crippen molar-refractivity contribution >= 4 is 18.0 Å². The summed E-state index contributed by atoms with van der Waals surface area (Å²) in [5.41, 5.74) is 2.01. The molecule has 1 rings (SSSR count). The lowest BCUT2D eigenvalue weighted by atomic mass is 10.0. The second kappa shape index (κ2) is 8.52. The van der Waals surface area contributed by atoms with E-state index in [9.17, 15) is 22.8 Å². The van der Waals surface area contributed by atoms with Crippen LogP contribution in [0.5, 0.6) is 0 Å². The second-order valence-electron chi connectivity index (χ2n) is 5.71. The van der Waals surface area contributed by atoms with Gasteiger partial charge in [0.15, 0.2) is 0 Å². The van der Waals surface area contributed by atoms with E-state index < -0.39 is 30.5 Å². The summed E-state index contributed by atoms with van der Waals surface area (Å²) in [7, 11) is 0. The third kappa shape index (κ3) is 7.30. The molecule has 7 heteroatoms. The van der Waals surface area contributed by atoms with Gasteiger partial charge in [-0.05, 0) is 17.0 Å². The number of carboxylic acid groups (broad SMARTS) is 1. The Morgan fingerprint density at radius 3 is 2.25 bits per heavy atom. The molecule has 0 aliphatic heterocycles. The first kappa shape index (κ1) is 19.7. The maximum Gasteiger partial charge on any atom is 0.391 e. The average Bonchev–Trinajstić information content (AvgIpc) is 2.45. The van der Waals surface area contributed by atoms with Crippen molar-refractivity contribution in [1.29, 1.82) is 0 Å².